The van der Waals surface area contributed by atoms with Crippen LogP contribution in [-0.2, 0) is 6.42 Å². The Hall–Kier alpha value is -2.02. The number of carbonyl (C=O) groups excluding carboxylic acids is 1. The monoisotopic (exact) mass is 271 g/mol. The van der Waals surface area contributed by atoms with Crippen LogP contribution < -0.4 is 5.32 Å². The number of urea groups is 1. The highest BCUT2D eigenvalue weighted by molar-refractivity contribution is 5.74. The normalized spacial score (nSPS) is 18.4. The third-order valence-corrected chi connectivity index (χ3v) is 3.65. The molecule has 0 radical (unpaired) electrons. The van der Waals surface area contributed by atoms with Crippen LogP contribution in [0.5, 0.6) is 0 Å². The minimum Gasteiger partial charge on any atom is -0.338 e. The second-order valence-corrected chi connectivity index (χ2v) is 5.24. The number of likely N-dealkylation sites (tertiary alicyclic amines) is 1. The third kappa shape index (κ3) is 4.27. The largest absolute Gasteiger partial charge is 0.338 e. The van der Waals surface area contributed by atoms with Gasteiger partial charge in [-0.2, -0.15) is 5.26 Å². The van der Waals surface area contributed by atoms with Gasteiger partial charge in [0.2, 0.25) is 0 Å². The molecule has 0 aromatic heterocycles. The maximum atomic E-state index is 12.0. The van der Waals surface area contributed by atoms with Crippen LogP contribution in [0.3, 0.4) is 0 Å². The van der Waals surface area contributed by atoms with E-state index in [1.807, 2.05) is 18.2 Å². The lowest BCUT2D eigenvalue weighted by molar-refractivity contribution is 0.176. The van der Waals surface area contributed by atoms with Crippen molar-refractivity contribution in [3.63, 3.8) is 0 Å². The number of amides is 2. The fraction of sp³-hybridized carbons (Fsp3) is 0.500. The summed E-state index contributed by atoms with van der Waals surface area (Å²) in [4.78, 5) is 13.7. The van der Waals surface area contributed by atoms with Gasteiger partial charge in [-0.15, -0.1) is 0 Å². The molecule has 1 N–H and O–H groups in total. The SMILES string of the molecule is N#CC1CCCN(C(=O)NCCCc2ccccc2)C1. The Morgan fingerprint density at radius 2 is 2.20 bits per heavy atom. The summed E-state index contributed by atoms with van der Waals surface area (Å²) in [6.45, 7) is 2.02. The average molecular weight is 271 g/mol. The van der Waals surface area contributed by atoms with Crippen molar-refractivity contribution >= 4 is 6.03 Å². The number of carbonyl (C=O) groups is 1. The second-order valence-electron chi connectivity index (χ2n) is 5.24. The quantitative estimate of drug-likeness (QED) is 0.856. The maximum Gasteiger partial charge on any atom is 0.317 e. The standard InChI is InChI=1S/C16H21N3O/c17-12-15-9-5-11-19(13-15)16(20)18-10-4-8-14-6-2-1-3-7-14/h1-3,6-7,15H,4-5,8-11,13H2,(H,18,20). The molecule has 1 aliphatic rings. The summed E-state index contributed by atoms with van der Waals surface area (Å²) in [6, 6.07) is 12.5. The predicted molar refractivity (Wildman–Crippen MR) is 78.1 cm³/mol. The van der Waals surface area contributed by atoms with E-state index in [9.17, 15) is 4.79 Å². The molecule has 4 nitrogen and oxygen atoms in total. The molecule has 1 aromatic rings. The van der Waals surface area contributed by atoms with Crippen LogP contribution in [0.2, 0.25) is 0 Å². The van der Waals surface area contributed by atoms with Crippen LogP contribution in [0.4, 0.5) is 4.79 Å². The summed E-state index contributed by atoms with van der Waals surface area (Å²) < 4.78 is 0. The van der Waals surface area contributed by atoms with Crippen LogP contribution in [-0.4, -0.2) is 30.6 Å². The zero-order chi connectivity index (χ0) is 14.2. The third-order valence-electron chi connectivity index (χ3n) is 3.65. The van der Waals surface area contributed by atoms with Crippen molar-refractivity contribution in [2.24, 2.45) is 5.92 Å². The first-order valence-corrected chi connectivity index (χ1v) is 7.26. The average Bonchev–Trinajstić information content (AvgIpc) is 2.52. The van der Waals surface area contributed by atoms with E-state index in [2.05, 4.69) is 23.5 Å². The Balaban J connectivity index is 1.66. The first-order chi connectivity index (χ1) is 9.79. The number of nitrogens with zero attached hydrogens (tertiary/aromatic N) is 2. The number of hydrogen-bond donors (Lipinski definition) is 1. The minimum absolute atomic E-state index is 0.00109. The van der Waals surface area contributed by atoms with E-state index in [1.165, 1.54) is 5.56 Å². The van der Waals surface area contributed by atoms with Gasteiger partial charge in [0.1, 0.15) is 0 Å². The molecule has 1 heterocycles. The van der Waals surface area contributed by atoms with Crippen molar-refractivity contribution in [1.82, 2.24) is 10.2 Å². The molecule has 1 aliphatic heterocycles. The van der Waals surface area contributed by atoms with Crippen LogP contribution in [0.15, 0.2) is 30.3 Å². The van der Waals surface area contributed by atoms with Crippen molar-refractivity contribution in [2.45, 2.75) is 25.7 Å². The summed E-state index contributed by atoms with van der Waals surface area (Å²) in [6.07, 6.45) is 3.75. The van der Waals surface area contributed by atoms with Gasteiger partial charge < -0.3 is 10.2 Å². The van der Waals surface area contributed by atoms with Crippen molar-refractivity contribution < 1.29 is 4.79 Å². The van der Waals surface area contributed by atoms with Gasteiger partial charge in [-0.25, -0.2) is 4.79 Å². The van der Waals surface area contributed by atoms with Crippen molar-refractivity contribution in [3.8, 4) is 6.07 Å². The summed E-state index contributed by atoms with van der Waals surface area (Å²) in [5.41, 5.74) is 1.30. The molecule has 0 bridgehead atoms. The van der Waals surface area contributed by atoms with Crippen molar-refractivity contribution in [3.05, 3.63) is 35.9 Å². The number of nitrogens with one attached hydrogen (secondary N) is 1. The van der Waals surface area contributed by atoms with Crippen LogP contribution in [0.25, 0.3) is 0 Å². The highest BCUT2D eigenvalue weighted by Crippen LogP contribution is 2.15. The first-order valence-electron chi connectivity index (χ1n) is 7.26. The Bertz CT molecular complexity index is 466. The van der Waals surface area contributed by atoms with Gasteiger partial charge in [0, 0.05) is 19.6 Å². The topological polar surface area (TPSA) is 56.1 Å². The molecule has 1 aromatic carbocycles. The summed E-state index contributed by atoms with van der Waals surface area (Å²) in [7, 11) is 0. The van der Waals surface area contributed by atoms with Crippen LogP contribution >= 0.6 is 0 Å². The van der Waals surface area contributed by atoms with Crippen LogP contribution in [0.1, 0.15) is 24.8 Å². The molecule has 1 atom stereocenters. The molecule has 2 rings (SSSR count). The number of nitriles is 1. The fourth-order valence-corrected chi connectivity index (χ4v) is 2.51. The zero-order valence-corrected chi connectivity index (χ0v) is 11.7. The lowest BCUT2D eigenvalue weighted by atomic mass is 10.0. The summed E-state index contributed by atoms with van der Waals surface area (Å²) in [5, 5.41) is 11.9. The van der Waals surface area contributed by atoms with Gasteiger partial charge >= 0.3 is 6.03 Å². The van der Waals surface area contributed by atoms with E-state index in [0.29, 0.717) is 13.1 Å². The van der Waals surface area contributed by atoms with E-state index < -0.39 is 0 Å². The van der Waals surface area contributed by atoms with Gasteiger partial charge in [-0.3, -0.25) is 0 Å². The van der Waals surface area contributed by atoms with E-state index in [4.69, 9.17) is 5.26 Å². The van der Waals surface area contributed by atoms with Gasteiger partial charge in [0.15, 0.2) is 0 Å². The molecular weight excluding hydrogens is 250 g/mol. The first kappa shape index (κ1) is 14.4. The Kier molecular flexibility index (Phi) is 5.43. The number of piperidine rings is 1. The van der Waals surface area contributed by atoms with Gasteiger partial charge in [0.05, 0.1) is 12.0 Å². The van der Waals surface area contributed by atoms with Gasteiger partial charge in [0.25, 0.3) is 0 Å². The molecule has 106 valence electrons. The highest BCUT2D eigenvalue weighted by atomic mass is 16.2. The Morgan fingerprint density at radius 1 is 1.40 bits per heavy atom. The number of benzene rings is 1. The van der Waals surface area contributed by atoms with E-state index in [0.717, 1.165) is 32.2 Å². The maximum absolute atomic E-state index is 12.0. The number of hydrogen-bond acceptors (Lipinski definition) is 2. The minimum atomic E-state index is -0.0296. The zero-order valence-electron chi connectivity index (χ0n) is 11.7. The van der Waals surface area contributed by atoms with Crippen LogP contribution in [0, 0.1) is 17.2 Å². The Labute approximate surface area is 120 Å². The molecule has 0 spiro atoms. The molecule has 2 amide bonds. The lowest BCUT2D eigenvalue weighted by Gasteiger charge is -2.29. The summed E-state index contributed by atoms with van der Waals surface area (Å²) in [5.74, 6) is -0.00109. The second kappa shape index (κ2) is 7.54. The fourth-order valence-electron chi connectivity index (χ4n) is 2.51. The molecule has 1 unspecified atom stereocenters. The predicted octanol–water partition coefficient (Wildman–Crippen LogP) is 2.56. The Morgan fingerprint density at radius 3 is 2.95 bits per heavy atom. The molecule has 1 saturated heterocycles. The van der Waals surface area contributed by atoms with E-state index in [1.54, 1.807) is 4.90 Å². The lowest BCUT2D eigenvalue weighted by Crippen LogP contribution is -2.45. The molecular formula is C16H21N3O. The van der Waals surface area contributed by atoms with Gasteiger partial charge in [-0.05, 0) is 31.2 Å². The van der Waals surface area contributed by atoms with Crippen molar-refractivity contribution in [1.29, 1.82) is 5.26 Å². The van der Waals surface area contributed by atoms with Crippen molar-refractivity contribution in [2.75, 3.05) is 19.6 Å². The molecule has 1 fully saturated rings. The highest BCUT2D eigenvalue weighted by Gasteiger charge is 2.22. The molecule has 0 saturated carbocycles. The molecule has 20 heavy (non-hydrogen) atoms. The van der Waals surface area contributed by atoms with E-state index in [-0.39, 0.29) is 11.9 Å². The summed E-state index contributed by atoms with van der Waals surface area (Å²) >= 11 is 0. The van der Waals surface area contributed by atoms with Gasteiger partial charge in [-0.1, -0.05) is 30.3 Å². The molecule has 4 heteroatoms. The number of aryl methyl sites for hydroxylation is 1. The smallest absolute Gasteiger partial charge is 0.317 e. The molecule has 0 aliphatic carbocycles. The van der Waals surface area contributed by atoms with E-state index >= 15 is 0 Å². The number of rotatable bonds is 4.